The summed E-state index contributed by atoms with van der Waals surface area (Å²) in [7, 11) is 1.32. The van der Waals surface area contributed by atoms with Gasteiger partial charge in [0.05, 0.1) is 7.11 Å². The average Bonchev–Trinajstić information content (AvgIpc) is 2.59. The maximum atomic E-state index is 11.9. The van der Waals surface area contributed by atoms with Gasteiger partial charge in [-0.2, -0.15) is 0 Å². The molecule has 1 aromatic carbocycles. The highest BCUT2D eigenvalue weighted by Gasteiger charge is 2.30. The van der Waals surface area contributed by atoms with Crippen LogP contribution in [0.4, 0.5) is 4.79 Å². The van der Waals surface area contributed by atoms with Gasteiger partial charge in [-0.15, -0.1) is 0 Å². The Hall–Kier alpha value is -2.30. The molecule has 1 aliphatic rings. The molecule has 5 heteroatoms. The van der Waals surface area contributed by atoms with E-state index in [4.69, 9.17) is 9.47 Å². The molecule has 0 aliphatic heterocycles. The Labute approximate surface area is 130 Å². The van der Waals surface area contributed by atoms with Crippen LogP contribution in [0, 0.1) is 5.92 Å². The number of benzene rings is 1. The van der Waals surface area contributed by atoms with Crippen LogP contribution in [0.1, 0.15) is 24.8 Å². The SMILES string of the molecule is COC(=O)[C@@H](NC(=O)OCc1ccccc1)C1C=CCCC1. The van der Waals surface area contributed by atoms with Gasteiger partial charge in [-0.25, -0.2) is 9.59 Å². The molecule has 22 heavy (non-hydrogen) atoms. The lowest BCUT2D eigenvalue weighted by Crippen LogP contribution is -2.46. The zero-order chi connectivity index (χ0) is 15.8. The standard InChI is InChI=1S/C17H21NO4/c1-21-16(19)15(14-10-6-3-7-11-14)18-17(20)22-12-13-8-4-2-5-9-13/h2,4-6,8-10,14-15H,3,7,11-12H2,1H3,(H,18,20)/t14?,15-/m0/s1. The quantitative estimate of drug-likeness (QED) is 0.671. The Bertz CT molecular complexity index is 527. The molecule has 0 spiro atoms. The Morgan fingerprint density at radius 1 is 1.32 bits per heavy atom. The summed E-state index contributed by atoms with van der Waals surface area (Å²) in [6.45, 7) is 0.168. The first-order chi connectivity index (χ1) is 10.7. The summed E-state index contributed by atoms with van der Waals surface area (Å²) < 4.78 is 9.95. The normalized spacial score (nSPS) is 18.3. The number of amides is 1. The van der Waals surface area contributed by atoms with Gasteiger partial charge in [-0.05, 0) is 24.8 Å². The third-order valence-corrected chi connectivity index (χ3v) is 3.66. The van der Waals surface area contributed by atoms with Crippen LogP contribution in [0.3, 0.4) is 0 Å². The van der Waals surface area contributed by atoms with Crippen LogP contribution in [-0.4, -0.2) is 25.2 Å². The number of allylic oxidation sites excluding steroid dienone is 1. The average molecular weight is 303 g/mol. The van der Waals surface area contributed by atoms with E-state index in [2.05, 4.69) is 5.32 Å². The minimum atomic E-state index is -0.704. The zero-order valence-corrected chi connectivity index (χ0v) is 12.7. The lowest BCUT2D eigenvalue weighted by atomic mass is 9.89. The fourth-order valence-corrected chi connectivity index (χ4v) is 2.48. The molecule has 2 rings (SSSR count). The van der Waals surface area contributed by atoms with Crippen molar-refractivity contribution in [2.45, 2.75) is 31.9 Å². The van der Waals surface area contributed by atoms with Crippen molar-refractivity contribution in [2.24, 2.45) is 5.92 Å². The molecule has 0 bridgehead atoms. The van der Waals surface area contributed by atoms with Crippen LogP contribution in [0.25, 0.3) is 0 Å². The number of hydrogen-bond donors (Lipinski definition) is 1. The molecule has 0 fully saturated rings. The fourth-order valence-electron chi connectivity index (χ4n) is 2.48. The lowest BCUT2D eigenvalue weighted by molar-refractivity contribution is -0.144. The minimum Gasteiger partial charge on any atom is -0.467 e. The van der Waals surface area contributed by atoms with Gasteiger partial charge in [0.15, 0.2) is 0 Å². The summed E-state index contributed by atoms with van der Waals surface area (Å²) in [5, 5.41) is 2.62. The highest BCUT2D eigenvalue weighted by molar-refractivity contribution is 5.81. The molecule has 0 radical (unpaired) electrons. The smallest absolute Gasteiger partial charge is 0.408 e. The number of hydrogen-bond acceptors (Lipinski definition) is 4. The largest absolute Gasteiger partial charge is 0.467 e. The van der Waals surface area contributed by atoms with Crippen LogP contribution >= 0.6 is 0 Å². The molecule has 0 saturated heterocycles. The second-order valence-electron chi connectivity index (χ2n) is 5.23. The summed E-state index contributed by atoms with van der Waals surface area (Å²) in [6.07, 6.45) is 6.22. The highest BCUT2D eigenvalue weighted by Crippen LogP contribution is 2.21. The van der Waals surface area contributed by atoms with Crippen molar-refractivity contribution in [1.29, 1.82) is 0 Å². The number of esters is 1. The molecule has 2 atom stereocenters. The third kappa shape index (κ3) is 4.62. The maximum absolute atomic E-state index is 11.9. The minimum absolute atomic E-state index is 0.0505. The maximum Gasteiger partial charge on any atom is 0.408 e. The van der Waals surface area contributed by atoms with Crippen LogP contribution in [0.2, 0.25) is 0 Å². The molecular weight excluding hydrogens is 282 g/mol. The van der Waals surface area contributed by atoms with Gasteiger partial charge in [0.1, 0.15) is 12.6 Å². The van der Waals surface area contributed by atoms with Gasteiger partial charge < -0.3 is 14.8 Å². The molecule has 1 amide bonds. The highest BCUT2D eigenvalue weighted by atomic mass is 16.6. The third-order valence-electron chi connectivity index (χ3n) is 3.66. The molecule has 118 valence electrons. The fraction of sp³-hybridized carbons (Fsp3) is 0.412. The van der Waals surface area contributed by atoms with E-state index in [-0.39, 0.29) is 12.5 Å². The Morgan fingerprint density at radius 2 is 2.09 bits per heavy atom. The zero-order valence-electron chi connectivity index (χ0n) is 12.7. The molecule has 0 heterocycles. The van der Waals surface area contributed by atoms with E-state index >= 15 is 0 Å². The predicted molar refractivity (Wildman–Crippen MR) is 82.0 cm³/mol. The summed E-state index contributed by atoms with van der Waals surface area (Å²) in [5.41, 5.74) is 0.893. The van der Waals surface area contributed by atoms with Gasteiger partial charge in [-0.1, -0.05) is 42.5 Å². The van der Waals surface area contributed by atoms with Crippen LogP contribution in [0.15, 0.2) is 42.5 Å². The van der Waals surface area contributed by atoms with E-state index in [9.17, 15) is 9.59 Å². The van der Waals surface area contributed by atoms with Gasteiger partial charge in [0.25, 0.3) is 0 Å². The van der Waals surface area contributed by atoms with Gasteiger partial charge >= 0.3 is 12.1 Å². The topological polar surface area (TPSA) is 64.6 Å². The van der Waals surface area contributed by atoms with Crippen molar-refractivity contribution in [3.63, 3.8) is 0 Å². The number of carbonyl (C=O) groups is 2. The Morgan fingerprint density at radius 3 is 2.73 bits per heavy atom. The lowest BCUT2D eigenvalue weighted by Gasteiger charge is -2.25. The Kier molecular flexibility index (Phi) is 6.01. The Balaban J connectivity index is 1.91. The summed E-state index contributed by atoms with van der Waals surface area (Å²) >= 11 is 0. The number of carbonyl (C=O) groups excluding carboxylic acids is 2. The number of methoxy groups -OCH3 is 1. The van der Waals surface area contributed by atoms with Crippen molar-refractivity contribution in [2.75, 3.05) is 7.11 Å². The molecule has 1 aliphatic carbocycles. The monoisotopic (exact) mass is 303 g/mol. The summed E-state index contributed by atoms with van der Waals surface area (Å²) in [4.78, 5) is 23.8. The first kappa shape index (κ1) is 16.1. The van der Waals surface area contributed by atoms with Crippen molar-refractivity contribution in [1.82, 2.24) is 5.32 Å². The first-order valence-corrected chi connectivity index (χ1v) is 7.42. The number of rotatable bonds is 5. The van der Waals surface area contributed by atoms with E-state index in [1.54, 1.807) is 0 Å². The van der Waals surface area contributed by atoms with Crippen molar-refractivity contribution < 1.29 is 19.1 Å². The molecule has 0 saturated carbocycles. The van der Waals surface area contributed by atoms with Crippen LogP contribution < -0.4 is 5.32 Å². The molecule has 0 aromatic heterocycles. The van der Waals surface area contributed by atoms with Crippen molar-refractivity contribution in [3.05, 3.63) is 48.0 Å². The van der Waals surface area contributed by atoms with Crippen LogP contribution in [0.5, 0.6) is 0 Å². The van der Waals surface area contributed by atoms with Crippen molar-refractivity contribution in [3.8, 4) is 0 Å². The second-order valence-corrected chi connectivity index (χ2v) is 5.23. The van der Waals surface area contributed by atoms with E-state index in [0.29, 0.717) is 0 Å². The number of nitrogens with one attached hydrogen (secondary N) is 1. The van der Waals surface area contributed by atoms with Crippen LogP contribution in [-0.2, 0) is 20.9 Å². The van der Waals surface area contributed by atoms with Crippen molar-refractivity contribution >= 4 is 12.1 Å². The number of ether oxygens (including phenoxy) is 2. The number of alkyl carbamates (subject to hydrolysis) is 1. The van der Waals surface area contributed by atoms with E-state index in [1.165, 1.54) is 7.11 Å². The molecule has 1 N–H and O–H groups in total. The molecule has 1 aromatic rings. The predicted octanol–water partition coefficient (Wildman–Crippen LogP) is 2.81. The summed E-state index contributed by atoms with van der Waals surface area (Å²) in [5.74, 6) is -0.501. The van der Waals surface area contributed by atoms with Gasteiger partial charge in [-0.3, -0.25) is 0 Å². The van der Waals surface area contributed by atoms with Gasteiger partial charge in [0, 0.05) is 5.92 Å². The van der Waals surface area contributed by atoms with E-state index in [0.717, 1.165) is 24.8 Å². The first-order valence-electron chi connectivity index (χ1n) is 7.42. The van der Waals surface area contributed by atoms with Gasteiger partial charge in [0.2, 0.25) is 0 Å². The molecule has 1 unspecified atom stereocenters. The molecule has 5 nitrogen and oxygen atoms in total. The molecular formula is C17H21NO4. The van der Waals surface area contributed by atoms with E-state index < -0.39 is 18.1 Å². The second kappa shape index (κ2) is 8.22. The van der Waals surface area contributed by atoms with E-state index in [1.807, 2.05) is 42.5 Å². The summed E-state index contributed by atoms with van der Waals surface area (Å²) in [6, 6.07) is 8.68.